The van der Waals surface area contributed by atoms with Gasteiger partial charge in [0.15, 0.2) is 6.10 Å². The number of aryl methyl sites for hydroxylation is 2. The number of halogens is 1. The summed E-state index contributed by atoms with van der Waals surface area (Å²) in [6, 6.07) is 14.5. The van der Waals surface area contributed by atoms with Crippen LogP contribution in [0.1, 0.15) is 102 Å². The minimum Gasteiger partial charge on any atom is -0.493 e. The zero-order valence-corrected chi connectivity index (χ0v) is 27.8. The van der Waals surface area contributed by atoms with Gasteiger partial charge in [-0.15, -0.1) is 0 Å². The predicted octanol–water partition coefficient (Wildman–Crippen LogP) is 9.53. The summed E-state index contributed by atoms with van der Waals surface area (Å²) >= 11 is 0. The van der Waals surface area contributed by atoms with E-state index in [1.54, 1.807) is 12.1 Å². The molecule has 0 saturated carbocycles. The maximum Gasteiger partial charge on any atom is 0.340 e. The molecule has 236 valence electrons. The van der Waals surface area contributed by atoms with Crippen LogP contribution in [0.3, 0.4) is 0 Å². The van der Waals surface area contributed by atoms with Gasteiger partial charge in [-0.2, -0.15) is 0 Å². The predicted molar refractivity (Wildman–Crippen MR) is 175 cm³/mol. The molecule has 0 fully saturated rings. The first kappa shape index (κ1) is 33.4. The van der Waals surface area contributed by atoms with Crippen LogP contribution in [0.4, 0.5) is 4.39 Å². The summed E-state index contributed by atoms with van der Waals surface area (Å²) < 4.78 is 31.5. The van der Waals surface area contributed by atoms with Crippen LogP contribution < -0.4 is 4.74 Å². The van der Waals surface area contributed by atoms with Gasteiger partial charge in [-0.3, -0.25) is 4.98 Å². The normalized spacial score (nSPS) is 15.6. The summed E-state index contributed by atoms with van der Waals surface area (Å²) in [6.07, 6.45) is 4.69. The summed E-state index contributed by atoms with van der Waals surface area (Å²) in [4.78, 5) is 18.7. The van der Waals surface area contributed by atoms with Gasteiger partial charge in [0.05, 0.1) is 18.3 Å². The molecule has 44 heavy (non-hydrogen) atoms. The number of carbonyl (C=O) groups excluding carboxylic acids is 1. The summed E-state index contributed by atoms with van der Waals surface area (Å²) in [5.74, 6) is 0.107. The molecule has 0 amide bonds. The third-order valence-corrected chi connectivity index (χ3v) is 7.91. The fraction of sp³-hybridized carbons (Fsp3) is 0.474. The van der Waals surface area contributed by atoms with Gasteiger partial charge in [0.1, 0.15) is 11.6 Å². The molecule has 0 saturated heterocycles. The first-order valence-electron chi connectivity index (χ1n) is 15.7. The molecule has 0 aliphatic heterocycles. The quantitative estimate of drug-likeness (QED) is 0.217. The van der Waals surface area contributed by atoms with E-state index in [2.05, 4.69) is 32.1 Å². The number of allylic oxidation sites excluding steroid dienone is 2. The van der Waals surface area contributed by atoms with E-state index in [1.807, 2.05) is 60.6 Å². The number of carbonyl (C=O) groups is 1. The van der Waals surface area contributed by atoms with Crippen molar-refractivity contribution >= 4 is 11.5 Å². The van der Waals surface area contributed by atoms with Crippen molar-refractivity contribution in [1.82, 2.24) is 4.98 Å². The summed E-state index contributed by atoms with van der Waals surface area (Å²) in [6.45, 7) is 18.6. The molecule has 1 aliphatic carbocycles. The van der Waals surface area contributed by atoms with Crippen molar-refractivity contribution in [1.29, 1.82) is 0 Å². The van der Waals surface area contributed by atoms with E-state index < -0.39 is 17.7 Å². The van der Waals surface area contributed by atoms with Crippen LogP contribution in [0.5, 0.6) is 5.75 Å². The Morgan fingerprint density at radius 1 is 0.977 bits per heavy atom. The number of pyridine rings is 1. The Labute approximate surface area is 262 Å². The lowest BCUT2D eigenvalue weighted by Gasteiger charge is -2.33. The fourth-order valence-electron chi connectivity index (χ4n) is 5.70. The Morgan fingerprint density at radius 2 is 1.64 bits per heavy atom. The molecule has 1 unspecified atom stereocenters. The average molecular weight is 602 g/mol. The lowest BCUT2D eigenvalue weighted by molar-refractivity contribution is -0.171. The molecule has 0 bridgehead atoms. The molecule has 5 nitrogen and oxygen atoms in total. The topological polar surface area (TPSA) is 57.7 Å². The highest BCUT2D eigenvalue weighted by molar-refractivity contribution is 5.89. The molecular weight excluding hydrogens is 553 g/mol. The lowest BCUT2D eigenvalue weighted by atomic mass is 9.74. The second-order valence-corrected chi connectivity index (χ2v) is 13.9. The second kappa shape index (κ2) is 13.6. The molecule has 1 atom stereocenters. The van der Waals surface area contributed by atoms with Crippen LogP contribution >= 0.6 is 0 Å². The summed E-state index contributed by atoms with van der Waals surface area (Å²) in [5, 5.41) is 0. The van der Waals surface area contributed by atoms with Crippen molar-refractivity contribution in [2.24, 2.45) is 5.41 Å². The van der Waals surface area contributed by atoms with Gasteiger partial charge in [-0.25, -0.2) is 9.18 Å². The van der Waals surface area contributed by atoms with Crippen molar-refractivity contribution in [3.05, 3.63) is 88.5 Å². The van der Waals surface area contributed by atoms with E-state index in [1.165, 1.54) is 17.7 Å². The largest absolute Gasteiger partial charge is 0.493 e. The third kappa shape index (κ3) is 8.56. The smallest absolute Gasteiger partial charge is 0.340 e. The Morgan fingerprint density at radius 3 is 2.20 bits per heavy atom. The van der Waals surface area contributed by atoms with Crippen molar-refractivity contribution < 1.29 is 23.4 Å². The molecule has 2 aromatic carbocycles. The molecule has 1 aliphatic rings. The number of benzene rings is 2. The Hall–Kier alpha value is -3.51. The zero-order chi connectivity index (χ0) is 32.2. The zero-order valence-electron chi connectivity index (χ0n) is 27.8. The van der Waals surface area contributed by atoms with Gasteiger partial charge < -0.3 is 14.2 Å². The molecule has 3 aromatic rings. The van der Waals surface area contributed by atoms with Crippen molar-refractivity contribution in [2.45, 2.75) is 106 Å². The van der Waals surface area contributed by atoms with Gasteiger partial charge in [0, 0.05) is 28.9 Å². The molecule has 0 N–H and O–H groups in total. The number of rotatable bonds is 10. The SMILES string of the molecule is Cc1nc(C)c(C(OC(C)(C)C)C(=O)OC(C)C)c(C2=CCC(C)(C)CC2)c1-c1ccc(OCCc2ccc(F)cc2)cc1. The van der Waals surface area contributed by atoms with Crippen LogP contribution in [0.2, 0.25) is 0 Å². The van der Waals surface area contributed by atoms with E-state index >= 15 is 0 Å². The second-order valence-electron chi connectivity index (χ2n) is 13.9. The highest BCUT2D eigenvalue weighted by Crippen LogP contribution is 2.46. The highest BCUT2D eigenvalue weighted by atomic mass is 19.1. The molecule has 1 aromatic heterocycles. The monoisotopic (exact) mass is 601 g/mol. The number of hydrogen-bond acceptors (Lipinski definition) is 5. The Kier molecular flexibility index (Phi) is 10.3. The number of esters is 1. The van der Waals surface area contributed by atoms with Gasteiger partial charge in [0.25, 0.3) is 0 Å². The van der Waals surface area contributed by atoms with E-state index in [9.17, 15) is 9.18 Å². The first-order chi connectivity index (χ1) is 20.6. The van der Waals surface area contributed by atoms with E-state index in [0.29, 0.717) is 13.0 Å². The van der Waals surface area contributed by atoms with Crippen LogP contribution in [0.25, 0.3) is 16.7 Å². The Bertz CT molecular complexity index is 1480. The third-order valence-electron chi connectivity index (χ3n) is 7.91. The van der Waals surface area contributed by atoms with E-state index in [-0.39, 0.29) is 17.3 Å². The van der Waals surface area contributed by atoms with Crippen molar-refractivity contribution in [3.63, 3.8) is 0 Å². The molecule has 6 heteroatoms. The average Bonchev–Trinajstić information content (AvgIpc) is 2.92. The van der Waals surface area contributed by atoms with E-state index in [4.69, 9.17) is 19.2 Å². The molecule has 1 heterocycles. The van der Waals surface area contributed by atoms with Crippen LogP contribution in [0.15, 0.2) is 54.6 Å². The van der Waals surface area contributed by atoms with Crippen molar-refractivity contribution in [2.75, 3.05) is 6.61 Å². The van der Waals surface area contributed by atoms with E-state index in [0.717, 1.165) is 64.2 Å². The lowest BCUT2D eigenvalue weighted by Crippen LogP contribution is -2.31. The summed E-state index contributed by atoms with van der Waals surface area (Å²) in [5.41, 5.74) is 7.30. The van der Waals surface area contributed by atoms with Gasteiger partial charge in [-0.05, 0) is 120 Å². The van der Waals surface area contributed by atoms with Crippen LogP contribution in [-0.2, 0) is 20.7 Å². The van der Waals surface area contributed by atoms with Gasteiger partial charge in [-0.1, -0.05) is 44.2 Å². The standard InChI is InChI=1S/C38H48FNO4/c1-24(2)43-36(41)35(44-37(5,6)7)33-26(4)40-25(3)32(34(33)29-18-21-38(8,9)22-19-29)28-12-16-31(17-13-28)42-23-20-27-10-14-30(39)15-11-27/h10-18,24,35H,19-23H2,1-9H3. The van der Waals surface area contributed by atoms with Crippen LogP contribution in [-0.4, -0.2) is 29.3 Å². The fourth-order valence-corrected chi connectivity index (χ4v) is 5.70. The maximum atomic E-state index is 13.7. The molecule has 0 radical (unpaired) electrons. The molecule has 0 spiro atoms. The van der Waals surface area contributed by atoms with Gasteiger partial charge >= 0.3 is 5.97 Å². The number of ether oxygens (including phenoxy) is 3. The van der Waals surface area contributed by atoms with Gasteiger partial charge in [0.2, 0.25) is 0 Å². The minimum atomic E-state index is -0.927. The number of aromatic nitrogens is 1. The molecular formula is C38H48FNO4. The minimum absolute atomic E-state index is 0.214. The number of hydrogen-bond donors (Lipinski definition) is 0. The Balaban J connectivity index is 1.78. The van der Waals surface area contributed by atoms with Crippen molar-refractivity contribution in [3.8, 4) is 16.9 Å². The maximum absolute atomic E-state index is 13.7. The molecule has 4 rings (SSSR count). The summed E-state index contributed by atoms with van der Waals surface area (Å²) in [7, 11) is 0. The first-order valence-corrected chi connectivity index (χ1v) is 15.7. The number of nitrogens with zero attached hydrogens (tertiary/aromatic N) is 1. The van der Waals surface area contributed by atoms with Crippen LogP contribution in [0, 0.1) is 25.1 Å². The highest BCUT2D eigenvalue weighted by Gasteiger charge is 2.36.